The molecule has 1 atom stereocenters. The van der Waals surface area contributed by atoms with E-state index in [1.807, 2.05) is 6.07 Å². The van der Waals surface area contributed by atoms with E-state index < -0.39 is 11.9 Å². The third-order valence-corrected chi connectivity index (χ3v) is 5.54. The number of carbonyl (C=O) groups is 2. The zero-order valence-electron chi connectivity index (χ0n) is 16.3. The maximum atomic E-state index is 12.2. The summed E-state index contributed by atoms with van der Waals surface area (Å²) in [5.41, 5.74) is 6.72. The number of benzene rings is 1. The fraction of sp³-hybridized carbons (Fsp3) is 0.550. The van der Waals surface area contributed by atoms with Crippen LogP contribution in [0, 0.1) is 0 Å². The van der Waals surface area contributed by atoms with Crippen LogP contribution in [0.2, 0.25) is 5.02 Å². The van der Waals surface area contributed by atoms with Crippen molar-refractivity contribution in [2.75, 3.05) is 13.2 Å². The number of aliphatic hydroxyl groups is 1. The number of aliphatic hydroxyl groups excluding tert-OH is 1. The molecule has 0 bridgehead atoms. The monoisotopic (exact) mass is 422 g/mol. The summed E-state index contributed by atoms with van der Waals surface area (Å²) in [6.07, 6.45) is 6.08. The van der Waals surface area contributed by atoms with Crippen molar-refractivity contribution in [2.45, 2.75) is 57.5 Å². The lowest BCUT2D eigenvalue weighted by Crippen LogP contribution is -2.39. The molecule has 3 rings (SSSR count). The van der Waals surface area contributed by atoms with Gasteiger partial charge in [-0.1, -0.05) is 37.3 Å². The molecule has 0 saturated carbocycles. The van der Waals surface area contributed by atoms with Crippen LogP contribution in [-0.2, 0) is 16.1 Å². The fourth-order valence-corrected chi connectivity index (χ4v) is 3.84. The van der Waals surface area contributed by atoms with E-state index in [-0.39, 0.29) is 18.9 Å². The lowest BCUT2D eigenvalue weighted by atomic mass is 10.1. The molecule has 0 aliphatic carbocycles. The van der Waals surface area contributed by atoms with Gasteiger partial charge in [0, 0.05) is 12.2 Å². The maximum absolute atomic E-state index is 12.2. The van der Waals surface area contributed by atoms with Crippen LogP contribution in [0.4, 0.5) is 5.69 Å². The van der Waals surface area contributed by atoms with Gasteiger partial charge >= 0.3 is 0 Å². The van der Waals surface area contributed by atoms with Gasteiger partial charge < -0.3 is 20.5 Å². The third kappa shape index (κ3) is 5.19. The summed E-state index contributed by atoms with van der Waals surface area (Å²) in [4.78, 5) is 29.6. The molecule has 9 heteroatoms. The molecule has 4 N–H and O–H groups in total. The molecule has 2 amide bonds. The number of ether oxygens (including phenoxy) is 1. The molecule has 1 aromatic rings. The topological polar surface area (TPSA) is 117 Å². The Morgan fingerprint density at radius 1 is 1.28 bits per heavy atom. The fourth-order valence-electron chi connectivity index (χ4n) is 3.57. The molecular formula is C20H27ClN4O4. The van der Waals surface area contributed by atoms with Crippen LogP contribution in [0.25, 0.3) is 0 Å². The van der Waals surface area contributed by atoms with Crippen molar-refractivity contribution >= 4 is 35.1 Å². The number of aliphatic imine (C=N–C) groups is 1. The molecule has 1 fully saturated rings. The Bertz CT molecular complexity index is 799. The first-order valence-electron chi connectivity index (χ1n) is 10.0. The van der Waals surface area contributed by atoms with Crippen LogP contribution in [0.15, 0.2) is 17.1 Å². The number of primary amides is 1. The Hall–Kier alpha value is -2.32. The van der Waals surface area contributed by atoms with Gasteiger partial charge in [0.05, 0.1) is 30.3 Å². The molecule has 2 heterocycles. The summed E-state index contributed by atoms with van der Waals surface area (Å²) < 4.78 is 5.86. The summed E-state index contributed by atoms with van der Waals surface area (Å²) in [7, 11) is 0. The minimum atomic E-state index is -0.675. The number of fused-ring (bicyclic) bond motifs is 2. The van der Waals surface area contributed by atoms with E-state index >= 15 is 0 Å². The average Bonchev–Trinajstić information content (AvgIpc) is 2.98. The first-order valence-corrected chi connectivity index (χ1v) is 10.4. The minimum absolute atomic E-state index is 0.0771. The van der Waals surface area contributed by atoms with Crippen LogP contribution >= 0.6 is 11.6 Å². The second-order valence-electron chi connectivity index (χ2n) is 7.31. The number of hydrogen-bond acceptors (Lipinski definition) is 6. The molecule has 2 aliphatic heterocycles. The van der Waals surface area contributed by atoms with E-state index in [1.165, 1.54) is 0 Å². The van der Waals surface area contributed by atoms with Gasteiger partial charge in [0.1, 0.15) is 11.8 Å². The highest BCUT2D eigenvalue weighted by molar-refractivity contribution is 6.33. The summed E-state index contributed by atoms with van der Waals surface area (Å²) in [5, 5.41) is 11.9. The molecule has 2 aliphatic rings. The van der Waals surface area contributed by atoms with Crippen molar-refractivity contribution in [1.29, 1.82) is 0 Å². The molecule has 0 radical (unpaired) electrons. The minimum Gasteiger partial charge on any atom is -0.492 e. The van der Waals surface area contributed by atoms with Crippen molar-refractivity contribution < 1.29 is 19.4 Å². The number of amides is 2. The molecule has 158 valence electrons. The second kappa shape index (κ2) is 9.93. The predicted octanol–water partition coefficient (Wildman–Crippen LogP) is 2.23. The van der Waals surface area contributed by atoms with Crippen LogP contribution in [-0.4, -0.2) is 47.0 Å². The van der Waals surface area contributed by atoms with Gasteiger partial charge in [-0.25, -0.2) is 4.99 Å². The quantitative estimate of drug-likeness (QED) is 0.473. The van der Waals surface area contributed by atoms with E-state index in [9.17, 15) is 9.59 Å². The highest BCUT2D eigenvalue weighted by Crippen LogP contribution is 2.39. The highest BCUT2D eigenvalue weighted by Gasteiger charge is 2.40. The predicted molar refractivity (Wildman–Crippen MR) is 110 cm³/mol. The van der Waals surface area contributed by atoms with Crippen LogP contribution in [0.3, 0.4) is 0 Å². The molecule has 1 saturated heterocycles. The van der Waals surface area contributed by atoms with E-state index in [4.69, 9.17) is 27.2 Å². The van der Waals surface area contributed by atoms with Crippen LogP contribution in [0.1, 0.15) is 50.5 Å². The van der Waals surface area contributed by atoms with Gasteiger partial charge in [-0.3, -0.25) is 14.9 Å². The van der Waals surface area contributed by atoms with E-state index in [2.05, 4.69) is 10.3 Å². The van der Waals surface area contributed by atoms with Crippen molar-refractivity contribution in [3.05, 3.63) is 22.7 Å². The van der Waals surface area contributed by atoms with Gasteiger partial charge in [-0.05, 0) is 25.0 Å². The number of guanidine groups is 1. The normalized spacial score (nSPS) is 17.4. The Morgan fingerprint density at radius 2 is 2.00 bits per heavy atom. The third-order valence-electron chi connectivity index (χ3n) is 5.13. The molecule has 0 aromatic heterocycles. The number of nitrogens with one attached hydrogen (secondary N) is 1. The second-order valence-corrected chi connectivity index (χ2v) is 7.69. The number of nitrogens with zero attached hydrogens (tertiary/aromatic N) is 2. The average molecular weight is 423 g/mol. The maximum Gasteiger partial charge on any atom is 0.250 e. The number of halogens is 1. The number of carbonyl (C=O) groups excluding carboxylic acids is 2. The largest absolute Gasteiger partial charge is 0.492 e. The van der Waals surface area contributed by atoms with Crippen molar-refractivity contribution in [1.82, 2.24) is 10.2 Å². The zero-order chi connectivity index (χ0) is 20.8. The van der Waals surface area contributed by atoms with Gasteiger partial charge in [-0.2, -0.15) is 0 Å². The SMILES string of the molecule is NC(=O)CC1C(=O)NC2=Nc3ccc(OCCCCCCCCO)c(Cl)c3CN21. The Kier molecular flexibility index (Phi) is 7.33. The van der Waals surface area contributed by atoms with Gasteiger partial charge in [0.25, 0.3) is 0 Å². The van der Waals surface area contributed by atoms with Gasteiger partial charge in [-0.15, -0.1) is 0 Å². The first-order chi connectivity index (χ1) is 14.0. The summed E-state index contributed by atoms with van der Waals surface area (Å²) >= 11 is 6.56. The summed E-state index contributed by atoms with van der Waals surface area (Å²) in [6.45, 7) is 1.18. The lowest BCUT2D eigenvalue weighted by Gasteiger charge is -2.28. The Labute approximate surface area is 175 Å². The van der Waals surface area contributed by atoms with Gasteiger partial charge in [0.15, 0.2) is 0 Å². The number of nitrogens with two attached hydrogens (primary N) is 1. The molecular weight excluding hydrogens is 396 g/mol. The van der Waals surface area contributed by atoms with Crippen molar-refractivity contribution in [3.63, 3.8) is 0 Å². The number of hydrogen-bond donors (Lipinski definition) is 3. The smallest absolute Gasteiger partial charge is 0.250 e. The summed E-state index contributed by atoms with van der Waals surface area (Å²) in [6, 6.07) is 2.94. The first kappa shape index (κ1) is 21.4. The van der Waals surface area contributed by atoms with Crippen molar-refractivity contribution in [3.8, 4) is 5.75 Å². The van der Waals surface area contributed by atoms with Crippen LogP contribution < -0.4 is 15.8 Å². The molecule has 1 unspecified atom stereocenters. The highest BCUT2D eigenvalue weighted by atomic mass is 35.5. The van der Waals surface area contributed by atoms with Crippen molar-refractivity contribution in [2.24, 2.45) is 10.7 Å². The van der Waals surface area contributed by atoms with E-state index in [1.54, 1.807) is 11.0 Å². The Balaban J connectivity index is 1.59. The lowest BCUT2D eigenvalue weighted by molar-refractivity contribution is -0.126. The molecule has 8 nitrogen and oxygen atoms in total. The molecule has 1 aromatic carbocycles. The van der Waals surface area contributed by atoms with E-state index in [0.29, 0.717) is 35.6 Å². The Morgan fingerprint density at radius 3 is 2.72 bits per heavy atom. The van der Waals surface area contributed by atoms with Gasteiger partial charge in [0.2, 0.25) is 17.8 Å². The number of unbranched alkanes of at least 4 members (excludes halogenated alkanes) is 5. The summed E-state index contributed by atoms with van der Waals surface area (Å²) in [5.74, 6) is 0.174. The zero-order valence-corrected chi connectivity index (χ0v) is 17.1. The van der Waals surface area contributed by atoms with E-state index in [0.717, 1.165) is 44.1 Å². The standard InChI is InChI=1S/C20H27ClN4O4/c21-18-13-12-25-15(11-17(22)27)19(28)24-20(25)23-14(13)7-8-16(18)29-10-6-4-2-1-3-5-9-26/h7-8,15,26H,1-6,9-12H2,(H2,22,27)(H,23,24,28). The molecule has 29 heavy (non-hydrogen) atoms. The number of rotatable bonds is 11. The molecule has 0 spiro atoms. The van der Waals surface area contributed by atoms with Crippen LogP contribution in [0.5, 0.6) is 5.75 Å².